The van der Waals surface area contributed by atoms with Crippen molar-refractivity contribution in [2.24, 2.45) is 0 Å². The molecule has 140 valence electrons. The topological polar surface area (TPSA) is 33.3 Å². The van der Waals surface area contributed by atoms with Gasteiger partial charge < -0.3 is 15.4 Å². The number of ether oxygens (including phenoxy) is 1. The molecule has 0 unspecified atom stereocenters. The third-order valence-electron chi connectivity index (χ3n) is 3.58. The Labute approximate surface area is 170 Å². The fraction of sp³-hybridized carbons (Fsp3) is 0.350. The third kappa shape index (κ3) is 7.85. The molecule has 0 fully saturated rings. The van der Waals surface area contributed by atoms with Crippen LogP contribution in [0.2, 0.25) is 5.02 Å². The number of hydrogen-bond donors (Lipinski definition) is 2. The fourth-order valence-electron chi connectivity index (χ4n) is 2.20. The van der Waals surface area contributed by atoms with E-state index in [0.717, 1.165) is 42.3 Å². The van der Waals surface area contributed by atoms with E-state index in [0.29, 0.717) is 16.7 Å². The van der Waals surface area contributed by atoms with Crippen molar-refractivity contribution >= 4 is 46.4 Å². The zero-order chi connectivity index (χ0) is 18.6. The van der Waals surface area contributed by atoms with Gasteiger partial charge in [-0.15, -0.1) is 0 Å². The van der Waals surface area contributed by atoms with Crippen LogP contribution in [0.1, 0.15) is 25.3 Å². The maximum atomic E-state index is 6.30. The monoisotopic (exact) mass is 408 g/mol. The molecule has 0 heterocycles. The largest absolute Gasteiger partial charge is 0.492 e. The molecule has 0 saturated heterocycles. The molecule has 0 bridgehead atoms. The number of hydrogen-bond acceptors (Lipinski definition) is 3. The second-order valence-electron chi connectivity index (χ2n) is 5.77. The minimum absolute atomic E-state index is 0.647. The molecule has 0 aliphatic rings. The first kappa shape index (κ1) is 20.9. The first-order chi connectivity index (χ1) is 12.7. The second-order valence-corrected chi connectivity index (χ2v) is 7.69. The molecular formula is C20H25ClN2OS2. The molecule has 0 radical (unpaired) electrons. The molecule has 0 aliphatic heterocycles. The summed E-state index contributed by atoms with van der Waals surface area (Å²) in [4.78, 5) is 0. The number of benzene rings is 2. The van der Waals surface area contributed by atoms with E-state index in [4.69, 9.17) is 28.6 Å². The average Bonchev–Trinajstić information content (AvgIpc) is 2.64. The van der Waals surface area contributed by atoms with E-state index in [1.54, 1.807) is 0 Å². The minimum atomic E-state index is 0.647. The van der Waals surface area contributed by atoms with E-state index in [1.807, 2.05) is 54.2 Å². The Hall–Kier alpha value is -1.43. The molecule has 2 aromatic rings. The van der Waals surface area contributed by atoms with Gasteiger partial charge in [0, 0.05) is 23.7 Å². The summed E-state index contributed by atoms with van der Waals surface area (Å²) in [6.45, 7) is 3.67. The number of unbranched alkanes of at least 4 members (excludes halogenated alkanes) is 1. The lowest BCUT2D eigenvalue weighted by molar-refractivity contribution is 0.309. The Balaban J connectivity index is 1.63. The molecule has 6 heteroatoms. The zero-order valence-corrected chi connectivity index (χ0v) is 17.4. The predicted molar refractivity (Wildman–Crippen MR) is 119 cm³/mol. The van der Waals surface area contributed by atoms with Gasteiger partial charge in [-0.05, 0) is 48.5 Å². The Morgan fingerprint density at radius 2 is 2.00 bits per heavy atom. The number of rotatable bonds is 10. The van der Waals surface area contributed by atoms with Crippen molar-refractivity contribution in [2.75, 3.05) is 24.2 Å². The number of nitrogens with one attached hydrogen (secondary N) is 2. The second kappa shape index (κ2) is 12.0. The average molecular weight is 409 g/mol. The van der Waals surface area contributed by atoms with Gasteiger partial charge in [-0.1, -0.05) is 49.2 Å². The maximum Gasteiger partial charge on any atom is 0.170 e. The van der Waals surface area contributed by atoms with Gasteiger partial charge in [-0.2, -0.15) is 11.8 Å². The standard InChI is InChI=1S/C20H25ClN2OS2/c1-2-3-12-24-19-10-9-16(14-18(19)21)15-26-13-11-22-20(25)23-17-7-5-4-6-8-17/h4-10,14H,2-3,11-13,15H2,1H3,(H2,22,23,25). The number of thiocarbonyl (C=S) groups is 1. The molecule has 0 aromatic heterocycles. The third-order valence-corrected chi connectivity index (χ3v) is 5.16. The Kier molecular flexibility index (Phi) is 9.67. The molecule has 0 saturated carbocycles. The van der Waals surface area contributed by atoms with E-state index in [9.17, 15) is 0 Å². The molecule has 3 nitrogen and oxygen atoms in total. The SMILES string of the molecule is CCCCOc1ccc(CSCCNC(=S)Nc2ccccc2)cc1Cl. The van der Waals surface area contributed by atoms with E-state index < -0.39 is 0 Å². The van der Waals surface area contributed by atoms with Crippen LogP contribution in [-0.2, 0) is 5.75 Å². The quantitative estimate of drug-likeness (QED) is 0.387. The number of halogens is 1. The highest BCUT2D eigenvalue weighted by Gasteiger charge is 2.04. The Bertz CT molecular complexity index is 683. The molecule has 0 amide bonds. The van der Waals surface area contributed by atoms with Crippen LogP contribution in [0.4, 0.5) is 5.69 Å². The van der Waals surface area contributed by atoms with Gasteiger partial charge in [0.25, 0.3) is 0 Å². The lowest BCUT2D eigenvalue weighted by Gasteiger charge is -2.11. The minimum Gasteiger partial charge on any atom is -0.492 e. The number of anilines is 1. The van der Waals surface area contributed by atoms with E-state index in [1.165, 1.54) is 5.56 Å². The normalized spacial score (nSPS) is 10.4. The molecule has 0 atom stereocenters. The first-order valence-electron chi connectivity index (χ1n) is 8.78. The van der Waals surface area contributed by atoms with Crippen LogP contribution in [0.25, 0.3) is 0 Å². The summed E-state index contributed by atoms with van der Waals surface area (Å²) in [5.41, 5.74) is 2.20. The lowest BCUT2D eigenvalue weighted by atomic mass is 10.2. The highest BCUT2D eigenvalue weighted by molar-refractivity contribution is 7.98. The zero-order valence-electron chi connectivity index (χ0n) is 15.0. The van der Waals surface area contributed by atoms with E-state index in [-0.39, 0.29) is 0 Å². The van der Waals surface area contributed by atoms with Crippen LogP contribution < -0.4 is 15.4 Å². The van der Waals surface area contributed by atoms with Crippen molar-refractivity contribution in [1.29, 1.82) is 0 Å². The first-order valence-corrected chi connectivity index (χ1v) is 10.7. The lowest BCUT2D eigenvalue weighted by Crippen LogP contribution is -2.30. The van der Waals surface area contributed by atoms with Crippen LogP contribution >= 0.6 is 35.6 Å². The summed E-state index contributed by atoms with van der Waals surface area (Å²) >= 11 is 13.4. The highest BCUT2D eigenvalue weighted by atomic mass is 35.5. The van der Waals surface area contributed by atoms with Crippen LogP contribution in [-0.4, -0.2) is 24.0 Å². The maximum absolute atomic E-state index is 6.30. The van der Waals surface area contributed by atoms with Crippen molar-refractivity contribution in [3.8, 4) is 5.75 Å². The van der Waals surface area contributed by atoms with E-state index in [2.05, 4.69) is 23.6 Å². The molecule has 2 rings (SSSR count). The van der Waals surface area contributed by atoms with Crippen LogP contribution in [0.15, 0.2) is 48.5 Å². The van der Waals surface area contributed by atoms with Gasteiger partial charge in [0.15, 0.2) is 5.11 Å². The molecule has 0 spiro atoms. The van der Waals surface area contributed by atoms with Crippen LogP contribution in [0.5, 0.6) is 5.75 Å². The summed E-state index contributed by atoms with van der Waals surface area (Å²) in [6.07, 6.45) is 2.16. The van der Waals surface area contributed by atoms with Gasteiger partial charge in [0.1, 0.15) is 5.75 Å². The smallest absolute Gasteiger partial charge is 0.170 e. The summed E-state index contributed by atoms with van der Waals surface area (Å²) in [6, 6.07) is 15.9. The Morgan fingerprint density at radius 1 is 1.19 bits per heavy atom. The summed E-state index contributed by atoms with van der Waals surface area (Å²) in [5.74, 6) is 2.64. The molecule has 0 aliphatic carbocycles. The van der Waals surface area contributed by atoms with Crippen molar-refractivity contribution in [2.45, 2.75) is 25.5 Å². The van der Waals surface area contributed by atoms with Crippen LogP contribution in [0.3, 0.4) is 0 Å². The predicted octanol–water partition coefficient (Wildman–Crippen LogP) is 5.74. The molecule has 26 heavy (non-hydrogen) atoms. The molecule has 2 N–H and O–H groups in total. The van der Waals surface area contributed by atoms with Crippen LogP contribution in [0, 0.1) is 0 Å². The Morgan fingerprint density at radius 3 is 2.73 bits per heavy atom. The van der Waals surface area contributed by atoms with Crippen molar-refractivity contribution in [3.63, 3.8) is 0 Å². The van der Waals surface area contributed by atoms with Gasteiger partial charge in [0.05, 0.1) is 11.6 Å². The fourth-order valence-corrected chi connectivity index (χ4v) is 3.48. The molecule has 2 aromatic carbocycles. The van der Waals surface area contributed by atoms with Crippen molar-refractivity contribution in [3.05, 3.63) is 59.1 Å². The summed E-state index contributed by atoms with van der Waals surface area (Å²) < 4.78 is 5.68. The van der Waals surface area contributed by atoms with Crippen molar-refractivity contribution in [1.82, 2.24) is 5.32 Å². The highest BCUT2D eigenvalue weighted by Crippen LogP contribution is 2.27. The molecular weight excluding hydrogens is 384 g/mol. The number of para-hydroxylation sites is 1. The van der Waals surface area contributed by atoms with Gasteiger partial charge >= 0.3 is 0 Å². The summed E-state index contributed by atoms with van der Waals surface area (Å²) in [5, 5.41) is 7.72. The van der Waals surface area contributed by atoms with Gasteiger partial charge in [-0.3, -0.25) is 0 Å². The number of thioether (sulfide) groups is 1. The summed E-state index contributed by atoms with van der Waals surface area (Å²) in [7, 11) is 0. The van der Waals surface area contributed by atoms with Gasteiger partial charge in [-0.25, -0.2) is 0 Å². The van der Waals surface area contributed by atoms with E-state index >= 15 is 0 Å². The van der Waals surface area contributed by atoms with Gasteiger partial charge in [0.2, 0.25) is 0 Å². The van der Waals surface area contributed by atoms with Crippen molar-refractivity contribution < 1.29 is 4.74 Å².